The number of hydrogen-bond donors (Lipinski definition) is 1. The first-order chi connectivity index (χ1) is 8.76. The van der Waals surface area contributed by atoms with Gasteiger partial charge in [0.1, 0.15) is 0 Å². The number of methoxy groups -OCH3 is 1. The lowest BCUT2D eigenvalue weighted by molar-refractivity contribution is 0.387. The second kappa shape index (κ2) is 6.18. The van der Waals surface area contributed by atoms with E-state index in [1.807, 2.05) is 24.3 Å². The maximum Gasteiger partial charge on any atom is 0.218 e. The average Bonchev–Trinajstić information content (AvgIpc) is 2.82. The summed E-state index contributed by atoms with van der Waals surface area (Å²) in [7, 11) is 1.64. The van der Waals surface area contributed by atoms with Crippen molar-refractivity contribution in [3.8, 4) is 5.88 Å². The molecule has 2 heterocycles. The molecule has 0 aromatic carbocycles. The Labute approximate surface area is 116 Å². The predicted octanol–water partition coefficient (Wildman–Crippen LogP) is 3.50. The first-order valence-corrected chi connectivity index (χ1v) is 6.93. The highest BCUT2D eigenvalue weighted by molar-refractivity contribution is 7.16. The number of aromatic nitrogens is 1. The molecule has 0 aliphatic rings. The number of hydrogen-bond acceptors (Lipinski definition) is 4. The van der Waals surface area contributed by atoms with E-state index in [1.54, 1.807) is 24.6 Å². The molecule has 1 unspecified atom stereocenters. The van der Waals surface area contributed by atoms with Crippen molar-refractivity contribution in [2.24, 2.45) is 0 Å². The van der Waals surface area contributed by atoms with Crippen LogP contribution in [0.3, 0.4) is 0 Å². The van der Waals surface area contributed by atoms with Gasteiger partial charge in [-0.2, -0.15) is 0 Å². The first-order valence-electron chi connectivity index (χ1n) is 5.73. The van der Waals surface area contributed by atoms with Crippen LogP contribution >= 0.6 is 22.9 Å². The van der Waals surface area contributed by atoms with Gasteiger partial charge >= 0.3 is 0 Å². The topological polar surface area (TPSA) is 34.2 Å². The van der Waals surface area contributed by atoms with Crippen LogP contribution in [0.15, 0.2) is 30.5 Å². The van der Waals surface area contributed by atoms with Gasteiger partial charge in [-0.3, -0.25) is 0 Å². The van der Waals surface area contributed by atoms with Gasteiger partial charge < -0.3 is 10.1 Å². The Morgan fingerprint density at radius 3 is 2.89 bits per heavy atom. The van der Waals surface area contributed by atoms with E-state index in [0.29, 0.717) is 5.88 Å². The van der Waals surface area contributed by atoms with Crippen molar-refractivity contribution >= 4 is 22.9 Å². The van der Waals surface area contributed by atoms with Crippen molar-refractivity contribution in [2.75, 3.05) is 13.7 Å². The monoisotopic (exact) mass is 282 g/mol. The predicted molar refractivity (Wildman–Crippen MR) is 75.6 cm³/mol. The van der Waals surface area contributed by atoms with E-state index in [-0.39, 0.29) is 6.04 Å². The van der Waals surface area contributed by atoms with E-state index in [9.17, 15) is 0 Å². The highest BCUT2D eigenvalue weighted by Crippen LogP contribution is 2.34. The van der Waals surface area contributed by atoms with Crippen LogP contribution in [0.25, 0.3) is 0 Å². The van der Waals surface area contributed by atoms with Crippen LogP contribution in [0.2, 0.25) is 4.34 Å². The fourth-order valence-corrected chi connectivity index (χ4v) is 3.00. The minimum absolute atomic E-state index is 0.0659. The Balaban J connectivity index is 2.41. The SMILES string of the molecule is CCNC(c1ccc(Cl)s1)c1cccnc1OC. The quantitative estimate of drug-likeness (QED) is 0.911. The second-order valence-corrected chi connectivity index (χ2v) is 5.48. The van der Waals surface area contributed by atoms with Gasteiger partial charge in [0.25, 0.3) is 0 Å². The molecule has 0 aliphatic carbocycles. The molecule has 5 heteroatoms. The summed E-state index contributed by atoms with van der Waals surface area (Å²) in [6.07, 6.45) is 1.73. The Morgan fingerprint density at radius 1 is 1.44 bits per heavy atom. The zero-order chi connectivity index (χ0) is 13.0. The smallest absolute Gasteiger partial charge is 0.218 e. The third-order valence-corrected chi connectivity index (χ3v) is 3.89. The molecule has 2 aromatic rings. The van der Waals surface area contributed by atoms with Crippen molar-refractivity contribution in [1.82, 2.24) is 10.3 Å². The van der Waals surface area contributed by atoms with Gasteiger partial charge in [0.05, 0.1) is 17.5 Å². The summed E-state index contributed by atoms with van der Waals surface area (Å²) in [5.41, 5.74) is 1.03. The molecule has 96 valence electrons. The molecule has 2 aromatic heterocycles. The molecule has 0 fully saturated rings. The lowest BCUT2D eigenvalue weighted by Crippen LogP contribution is -2.21. The number of halogens is 1. The van der Waals surface area contributed by atoms with Gasteiger partial charge in [0, 0.05) is 16.6 Å². The molecule has 0 bridgehead atoms. The van der Waals surface area contributed by atoms with Crippen molar-refractivity contribution in [1.29, 1.82) is 0 Å². The summed E-state index contributed by atoms with van der Waals surface area (Å²) in [4.78, 5) is 5.40. The van der Waals surface area contributed by atoms with Gasteiger partial charge in [0.15, 0.2) is 0 Å². The maximum atomic E-state index is 6.01. The largest absolute Gasteiger partial charge is 0.481 e. The van der Waals surface area contributed by atoms with Crippen molar-refractivity contribution < 1.29 is 4.74 Å². The summed E-state index contributed by atoms with van der Waals surface area (Å²) in [5, 5.41) is 3.44. The molecular weight excluding hydrogens is 268 g/mol. The summed E-state index contributed by atoms with van der Waals surface area (Å²) in [6, 6.07) is 7.95. The molecule has 0 saturated carbocycles. The third kappa shape index (κ3) is 2.83. The molecule has 2 rings (SSSR count). The Kier molecular flexibility index (Phi) is 4.58. The van der Waals surface area contributed by atoms with E-state index < -0.39 is 0 Å². The van der Waals surface area contributed by atoms with E-state index in [1.165, 1.54) is 0 Å². The molecule has 18 heavy (non-hydrogen) atoms. The van der Waals surface area contributed by atoms with E-state index in [2.05, 4.69) is 17.2 Å². The standard InChI is InChI=1S/C13H15ClN2OS/c1-3-15-12(10-6-7-11(14)18-10)9-5-4-8-16-13(9)17-2/h4-8,12,15H,3H2,1-2H3. The van der Waals surface area contributed by atoms with Crippen molar-refractivity contribution in [2.45, 2.75) is 13.0 Å². The van der Waals surface area contributed by atoms with E-state index in [0.717, 1.165) is 21.3 Å². The fraction of sp³-hybridized carbons (Fsp3) is 0.308. The number of pyridine rings is 1. The molecule has 0 aliphatic heterocycles. The molecule has 1 N–H and O–H groups in total. The highest BCUT2D eigenvalue weighted by atomic mass is 35.5. The second-order valence-electron chi connectivity index (χ2n) is 3.73. The van der Waals surface area contributed by atoms with E-state index >= 15 is 0 Å². The number of nitrogens with zero attached hydrogens (tertiary/aromatic N) is 1. The summed E-state index contributed by atoms with van der Waals surface area (Å²) in [6.45, 7) is 2.93. The fourth-order valence-electron chi connectivity index (χ4n) is 1.84. The summed E-state index contributed by atoms with van der Waals surface area (Å²) < 4.78 is 6.11. The summed E-state index contributed by atoms with van der Waals surface area (Å²) >= 11 is 7.58. The van der Waals surface area contributed by atoms with Crippen molar-refractivity contribution in [3.05, 3.63) is 45.2 Å². The minimum Gasteiger partial charge on any atom is -0.481 e. The van der Waals surface area contributed by atoms with Gasteiger partial charge in [-0.15, -0.1) is 11.3 Å². The number of nitrogens with one attached hydrogen (secondary N) is 1. The van der Waals surface area contributed by atoms with Crippen LogP contribution in [0.5, 0.6) is 5.88 Å². The number of thiophene rings is 1. The minimum atomic E-state index is 0.0659. The molecular formula is C13H15ClN2OS. The van der Waals surface area contributed by atoms with Crippen LogP contribution in [0.1, 0.15) is 23.4 Å². The highest BCUT2D eigenvalue weighted by Gasteiger charge is 2.19. The molecule has 0 radical (unpaired) electrons. The summed E-state index contributed by atoms with van der Waals surface area (Å²) in [5.74, 6) is 0.646. The Bertz CT molecular complexity index is 515. The molecule has 0 saturated heterocycles. The van der Waals surface area contributed by atoms with E-state index in [4.69, 9.17) is 16.3 Å². The van der Waals surface area contributed by atoms with Gasteiger partial charge in [-0.1, -0.05) is 24.6 Å². The number of rotatable bonds is 5. The van der Waals surface area contributed by atoms with Crippen LogP contribution in [0, 0.1) is 0 Å². The van der Waals surface area contributed by atoms with Gasteiger partial charge in [-0.05, 0) is 24.7 Å². The lowest BCUT2D eigenvalue weighted by atomic mass is 10.1. The van der Waals surface area contributed by atoms with Crippen molar-refractivity contribution in [3.63, 3.8) is 0 Å². The molecule has 1 atom stereocenters. The average molecular weight is 283 g/mol. The molecule has 3 nitrogen and oxygen atoms in total. The zero-order valence-corrected chi connectivity index (χ0v) is 11.9. The Hall–Kier alpha value is -1.10. The van der Waals surface area contributed by atoms with Crippen LogP contribution < -0.4 is 10.1 Å². The first kappa shape index (κ1) is 13.3. The molecule has 0 spiro atoms. The molecule has 0 amide bonds. The normalized spacial score (nSPS) is 12.4. The maximum absolute atomic E-state index is 6.01. The van der Waals surface area contributed by atoms with Crippen LogP contribution in [-0.2, 0) is 0 Å². The van der Waals surface area contributed by atoms with Gasteiger partial charge in [-0.25, -0.2) is 4.98 Å². The van der Waals surface area contributed by atoms with Gasteiger partial charge in [0.2, 0.25) is 5.88 Å². The zero-order valence-electron chi connectivity index (χ0n) is 10.3. The Morgan fingerprint density at radius 2 is 2.28 bits per heavy atom. The van der Waals surface area contributed by atoms with Crippen LogP contribution in [0.4, 0.5) is 0 Å². The third-order valence-electron chi connectivity index (χ3n) is 2.59. The number of ether oxygens (including phenoxy) is 1. The van der Waals surface area contributed by atoms with Crippen LogP contribution in [-0.4, -0.2) is 18.6 Å². The lowest BCUT2D eigenvalue weighted by Gasteiger charge is -2.18.